The van der Waals surface area contributed by atoms with Gasteiger partial charge in [-0.15, -0.1) is 0 Å². The van der Waals surface area contributed by atoms with Gasteiger partial charge in [-0.25, -0.2) is 0 Å². The fraction of sp³-hybridized carbons (Fsp3) is 0.654. The van der Waals surface area contributed by atoms with Crippen LogP contribution in [0.1, 0.15) is 32.6 Å². The van der Waals surface area contributed by atoms with Crippen LogP contribution in [0.2, 0.25) is 5.02 Å². The van der Waals surface area contributed by atoms with Crippen LogP contribution in [0.5, 0.6) is 5.75 Å². The third-order valence-corrected chi connectivity index (χ3v) is 7.88. The van der Waals surface area contributed by atoms with E-state index in [2.05, 4.69) is 11.9 Å². The Hall–Kier alpha value is -2.32. The molecule has 1 aromatic rings. The van der Waals surface area contributed by atoms with E-state index >= 15 is 0 Å². The van der Waals surface area contributed by atoms with Crippen molar-refractivity contribution in [3.8, 4) is 5.75 Å². The molecule has 3 amide bonds. The van der Waals surface area contributed by atoms with E-state index in [1.807, 2.05) is 32.9 Å². The molecule has 4 rings (SSSR count). The van der Waals surface area contributed by atoms with E-state index in [9.17, 15) is 14.4 Å². The Bertz CT molecular complexity index is 912. The van der Waals surface area contributed by atoms with E-state index in [4.69, 9.17) is 16.3 Å². The van der Waals surface area contributed by atoms with Crippen LogP contribution in [0.3, 0.4) is 0 Å². The number of carbonyl (C=O) groups excluding carboxylic acids is 3. The summed E-state index contributed by atoms with van der Waals surface area (Å²) < 4.78 is 6.32. The second-order valence-electron chi connectivity index (χ2n) is 10.1. The standard InChI is InChI=1S/C26H37ClN4O4/c1-19(32)29-9-6-20(7-10-29)26(34)31-11-8-24(35-23-5-3-4-22(27)17-23)21(18-31)16-25(33)30-14-12-28(2)13-15-30/h3-5,17,20-21,24H,6-16,18H2,1-2H3/t21-,24-/m0/s1. The first kappa shape index (κ1) is 25.8. The second kappa shape index (κ2) is 11.6. The first-order valence-electron chi connectivity index (χ1n) is 12.7. The average Bonchev–Trinajstić information content (AvgIpc) is 2.85. The zero-order valence-electron chi connectivity index (χ0n) is 20.8. The molecule has 3 aliphatic rings. The highest BCUT2D eigenvalue weighted by Gasteiger charge is 2.38. The lowest BCUT2D eigenvalue weighted by molar-refractivity contribution is -0.144. The third-order valence-electron chi connectivity index (χ3n) is 7.64. The van der Waals surface area contributed by atoms with Crippen molar-refractivity contribution in [2.45, 2.75) is 38.7 Å². The summed E-state index contributed by atoms with van der Waals surface area (Å²) in [6, 6.07) is 7.34. The smallest absolute Gasteiger partial charge is 0.225 e. The molecule has 3 fully saturated rings. The van der Waals surface area contributed by atoms with E-state index in [1.54, 1.807) is 13.0 Å². The molecular formula is C26H37ClN4O4. The quantitative estimate of drug-likeness (QED) is 0.615. The number of benzene rings is 1. The molecule has 0 bridgehead atoms. The number of piperidine rings is 2. The van der Waals surface area contributed by atoms with Crippen molar-refractivity contribution in [3.05, 3.63) is 29.3 Å². The number of piperazine rings is 1. The number of hydrogen-bond donors (Lipinski definition) is 0. The number of halogens is 1. The lowest BCUT2D eigenvalue weighted by atomic mass is 9.88. The van der Waals surface area contributed by atoms with Gasteiger partial charge in [-0.2, -0.15) is 0 Å². The molecule has 0 N–H and O–H groups in total. The van der Waals surface area contributed by atoms with Crippen molar-refractivity contribution in [1.82, 2.24) is 19.6 Å². The molecule has 0 aliphatic carbocycles. The Morgan fingerprint density at radius 3 is 2.29 bits per heavy atom. The Labute approximate surface area is 213 Å². The zero-order chi connectivity index (χ0) is 24.9. The topological polar surface area (TPSA) is 73.4 Å². The highest BCUT2D eigenvalue weighted by molar-refractivity contribution is 6.30. The molecule has 0 unspecified atom stereocenters. The van der Waals surface area contributed by atoms with E-state index in [-0.39, 0.29) is 35.7 Å². The first-order valence-corrected chi connectivity index (χ1v) is 13.1. The molecule has 9 heteroatoms. The number of rotatable bonds is 5. The van der Waals surface area contributed by atoms with E-state index in [0.29, 0.717) is 62.6 Å². The number of likely N-dealkylation sites (N-methyl/N-ethyl adjacent to an activating group) is 1. The van der Waals surface area contributed by atoms with E-state index in [0.717, 1.165) is 26.2 Å². The van der Waals surface area contributed by atoms with Crippen LogP contribution in [-0.4, -0.2) is 103 Å². The van der Waals surface area contributed by atoms with Crippen LogP contribution in [0, 0.1) is 11.8 Å². The summed E-state index contributed by atoms with van der Waals surface area (Å²) in [6.07, 6.45) is 2.27. The van der Waals surface area contributed by atoms with Crippen LogP contribution >= 0.6 is 11.6 Å². The molecule has 3 saturated heterocycles. The normalized spacial score (nSPS) is 24.4. The predicted octanol–water partition coefficient (Wildman–Crippen LogP) is 2.36. The summed E-state index contributed by atoms with van der Waals surface area (Å²) in [5.74, 6) is 0.882. The Morgan fingerprint density at radius 1 is 0.943 bits per heavy atom. The highest BCUT2D eigenvalue weighted by Crippen LogP contribution is 2.30. The molecular weight excluding hydrogens is 468 g/mol. The van der Waals surface area contributed by atoms with Gasteiger partial charge in [0.1, 0.15) is 11.9 Å². The molecule has 8 nitrogen and oxygen atoms in total. The summed E-state index contributed by atoms with van der Waals surface area (Å²) in [4.78, 5) is 46.1. The maximum Gasteiger partial charge on any atom is 0.225 e. The first-order chi connectivity index (χ1) is 16.8. The monoisotopic (exact) mass is 504 g/mol. The number of carbonyl (C=O) groups is 3. The van der Waals surface area contributed by atoms with Crippen molar-refractivity contribution in [2.24, 2.45) is 11.8 Å². The lowest BCUT2D eigenvalue weighted by Gasteiger charge is -2.41. The van der Waals surface area contributed by atoms with Crippen LogP contribution in [0.25, 0.3) is 0 Å². The summed E-state index contributed by atoms with van der Waals surface area (Å²) >= 11 is 6.15. The predicted molar refractivity (Wildman–Crippen MR) is 134 cm³/mol. The number of nitrogens with zero attached hydrogens (tertiary/aromatic N) is 4. The van der Waals surface area contributed by atoms with Crippen molar-refractivity contribution in [1.29, 1.82) is 0 Å². The molecule has 0 spiro atoms. The third kappa shape index (κ3) is 6.67. The summed E-state index contributed by atoms with van der Waals surface area (Å²) in [5.41, 5.74) is 0. The number of ether oxygens (including phenoxy) is 1. The molecule has 0 radical (unpaired) electrons. The van der Waals surface area contributed by atoms with Gasteiger partial charge in [-0.1, -0.05) is 17.7 Å². The summed E-state index contributed by atoms with van der Waals surface area (Å²) in [5, 5.41) is 0.608. The average molecular weight is 505 g/mol. The Morgan fingerprint density at radius 2 is 1.63 bits per heavy atom. The van der Waals surface area contributed by atoms with Gasteiger partial charge >= 0.3 is 0 Å². The molecule has 192 valence electrons. The van der Waals surface area contributed by atoms with Crippen molar-refractivity contribution < 1.29 is 19.1 Å². The van der Waals surface area contributed by atoms with Crippen LogP contribution in [0.4, 0.5) is 0 Å². The maximum atomic E-state index is 13.4. The molecule has 2 atom stereocenters. The Balaban J connectivity index is 1.42. The zero-order valence-corrected chi connectivity index (χ0v) is 21.6. The van der Waals surface area contributed by atoms with Gasteiger partial charge in [0.05, 0.1) is 0 Å². The Kier molecular flexibility index (Phi) is 8.55. The fourth-order valence-corrected chi connectivity index (χ4v) is 5.57. The SMILES string of the molecule is CC(=O)N1CCC(C(=O)N2CC[C@H](Oc3cccc(Cl)c3)[C@@H](CC(=O)N3CCN(C)CC3)C2)CC1. The molecule has 3 heterocycles. The summed E-state index contributed by atoms with van der Waals surface area (Å²) in [6.45, 7) is 7.18. The van der Waals surface area contributed by atoms with Gasteiger partial charge in [0.25, 0.3) is 0 Å². The van der Waals surface area contributed by atoms with Crippen molar-refractivity contribution in [2.75, 3.05) is 59.4 Å². The number of amides is 3. The van der Waals surface area contributed by atoms with E-state index in [1.165, 1.54) is 0 Å². The number of hydrogen-bond acceptors (Lipinski definition) is 5. The minimum atomic E-state index is -0.159. The van der Waals surface area contributed by atoms with E-state index < -0.39 is 0 Å². The van der Waals surface area contributed by atoms with Crippen molar-refractivity contribution in [3.63, 3.8) is 0 Å². The van der Waals surface area contributed by atoms with Gasteiger partial charge < -0.3 is 24.3 Å². The van der Waals surface area contributed by atoms with Gasteiger partial charge in [0, 0.05) is 89.0 Å². The molecule has 0 saturated carbocycles. The lowest BCUT2D eigenvalue weighted by Crippen LogP contribution is -2.53. The van der Waals surface area contributed by atoms with Gasteiger partial charge in [0.2, 0.25) is 17.7 Å². The minimum Gasteiger partial charge on any atom is -0.490 e. The van der Waals surface area contributed by atoms with Crippen molar-refractivity contribution >= 4 is 29.3 Å². The van der Waals surface area contributed by atoms with Gasteiger partial charge in [-0.05, 0) is 38.1 Å². The minimum absolute atomic E-state index is 0.0648. The van der Waals surface area contributed by atoms with Crippen LogP contribution < -0.4 is 4.74 Å². The number of likely N-dealkylation sites (tertiary alicyclic amines) is 2. The molecule has 1 aromatic carbocycles. The molecule has 3 aliphatic heterocycles. The maximum absolute atomic E-state index is 13.4. The summed E-state index contributed by atoms with van der Waals surface area (Å²) in [7, 11) is 2.07. The molecule has 0 aromatic heterocycles. The van der Waals surface area contributed by atoms with Crippen LogP contribution in [-0.2, 0) is 14.4 Å². The van der Waals surface area contributed by atoms with Gasteiger partial charge in [0.15, 0.2) is 0 Å². The van der Waals surface area contributed by atoms with Gasteiger partial charge in [-0.3, -0.25) is 14.4 Å². The fourth-order valence-electron chi connectivity index (χ4n) is 5.39. The van der Waals surface area contributed by atoms with Crippen LogP contribution in [0.15, 0.2) is 24.3 Å². The second-order valence-corrected chi connectivity index (χ2v) is 10.6. The molecule has 35 heavy (non-hydrogen) atoms. The highest BCUT2D eigenvalue weighted by atomic mass is 35.5. The largest absolute Gasteiger partial charge is 0.490 e.